The van der Waals surface area contributed by atoms with Crippen LogP contribution in [0, 0.1) is 0 Å². The maximum Gasteiger partial charge on any atom is 0.328 e. The Hall–Kier alpha value is -1.32. The zero-order chi connectivity index (χ0) is 9.56. The van der Waals surface area contributed by atoms with Crippen molar-refractivity contribution in [2.24, 2.45) is 0 Å². The molecule has 0 spiro atoms. The van der Waals surface area contributed by atoms with E-state index in [1.165, 1.54) is 14.0 Å². The summed E-state index contributed by atoms with van der Waals surface area (Å²) in [4.78, 5) is 21.5. The summed E-state index contributed by atoms with van der Waals surface area (Å²) in [5, 5.41) is 2.45. The van der Waals surface area contributed by atoms with Crippen LogP contribution < -0.4 is 5.32 Å². The topological polar surface area (TPSA) is 55.4 Å². The van der Waals surface area contributed by atoms with Crippen LogP contribution in [0.15, 0.2) is 12.7 Å². The van der Waals surface area contributed by atoms with Crippen LogP contribution in [0.2, 0.25) is 0 Å². The lowest BCUT2D eigenvalue weighted by molar-refractivity contribution is -0.144. The lowest BCUT2D eigenvalue weighted by Gasteiger charge is -2.12. The average molecular weight is 171 g/mol. The van der Waals surface area contributed by atoms with Gasteiger partial charge in [-0.05, 0) is 6.42 Å². The number of esters is 1. The molecule has 1 amide bonds. The molecular weight excluding hydrogens is 158 g/mol. The first-order chi connectivity index (χ1) is 5.61. The van der Waals surface area contributed by atoms with Crippen LogP contribution >= 0.6 is 0 Å². The largest absolute Gasteiger partial charge is 0.467 e. The molecular formula is C8H13NO3. The number of carbonyl (C=O) groups is 2. The number of ether oxygens (including phenoxy) is 1. The molecule has 68 valence electrons. The second-order valence-electron chi connectivity index (χ2n) is 2.30. The predicted octanol–water partition coefficient (Wildman–Crippen LogP) is 0.240. The fraction of sp³-hybridized carbons (Fsp3) is 0.500. The van der Waals surface area contributed by atoms with Gasteiger partial charge in [-0.15, -0.1) is 6.58 Å². The standard InChI is InChI=1S/C8H13NO3/c1-4-5-7(8(11)12-3)9-6(2)10/h4,7H,1,5H2,2-3H3,(H,9,10). The Morgan fingerprint density at radius 2 is 2.25 bits per heavy atom. The Kier molecular flexibility index (Phi) is 4.76. The van der Waals surface area contributed by atoms with Crippen molar-refractivity contribution in [3.63, 3.8) is 0 Å². The first-order valence-corrected chi connectivity index (χ1v) is 3.57. The summed E-state index contributed by atoms with van der Waals surface area (Å²) >= 11 is 0. The first-order valence-electron chi connectivity index (χ1n) is 3.57. The molecule has 4 heteroatoms. The van der Waals surface area contributed by atoms with Gasteiger partial charge < -0.3 is 10.1 Å². The van der Waals surface area contributed by atoms with Crippen LogP contribution in [0.3, 0.4) is 0 Å². The zero-order valence-corrected chi connectivity index (χ0v) is 7.29. The highest BCUT2D eigenvalue weighted by Crippen LogP contribution is 1.95. The third-order valence-electron chi connectivity index (χ3n) is 1.27. The van der Waals surface area contributed by atoms with Gasteiger partial charge in [0.05, 0.1) is 7.11 Å². The minimum absolute atomic E-state index is 0.257. The van der Waals surface area contributed by atoms with Crippen molar-refractivity contribution in [1.82, 2.24) is 5.32 Å². The minimum atomic E-state index is -0.606. The third-order valence-corrected chi connectivity index (χ3v) is 1.27. The first kappa shape index (κ1) is 10.7. The molecule has 1 atom stereocenters. The molecule has 0 aliphatic heterocycles. The summed E-state index contributed by atoms with van der Waals surface area (Å²) in [5.74, 6) is -0.711. The lowest BCUT2D eigenvalue weighted by Crippen LogP contribution is -2.39. The molecule has 4 nitrogen and oxygen atoms in total. The number of hydrogen-bond donors (Lipinski definition) is 1. The van der Waals surface area contributed by atoms with Gasteiger partial charge in [-0.25, -0.2) is 4.79 Å². The fourth-order valence-electron chi connectivity index (χ4n) is 0.768. The number of carbonyl (C=O) groups excluding carboxylic acids is 2. The van der Waals surface area contributed by atoms with Crippen molar-refractivity contribution in [3.8, 4) is 0 Å². The van der Waals surface area contributed by atoms with Crippen molar-refractivity contribution < 1.29 is 14.3 Å². The van der Waals surface area contributed by atoms with Gasteiger partial charge in [-0.1, -0.05) is 6.08 Å². The Labute approximate surface area is 71.6 Å². The quantitative estimate of drug-likeness (QED) is 0.487. The molecule has 0 saturated carbocycles. The normalized spacial score (nSPS) is 11.5. The van der Waals surface area contributed by atoms with E-state index in [1.54, 1.807) is 6.08 Å². The van der Waals surface area contributed by atoms with E-state index in [-0.39, 0.29) is 5.91 Å². The van der Waals surface area contributed by atoms with Crippen molar-refractivity contribution in [2.75, 3.05) is 7.11 Å². The summed E-state index contributed by atoms with van der Waals surface area (Å²) in [7, 11) is 1.28. The smallest absolute Gasteiger partial charge is 0.328 e. The second kappa shape index (κ2) is 5.35. The number of nitrogens with one attached hydrogen (secondary N) is 1. The van der Waals surface area contributed by atoms with Crippen molar-refractivity contribution >= 4 is 11.9 Å². The number of amides is 1. The van der Waals surface area contributed by atoms with E-state index in [9.17, 15) is 9.59 Å². The minimum Gasteiger partial charge on any atom is -0.467 e. The molecule has 0 aromatic heterocycles. The van der Waals surface area contributed by atoms with E-state index in [4.69, 9.17) is 0 Å². The van der Waals surface area contributed by atoms with Gasteiger partial charge in [0, 0.05) is 6.92 Å². The predicted molar refractivity (Wildman–Crippen MR) is 44.4 cm³/mol. The number of hydrogen-bond acceptors (Lipinski definition) is 3. The van der Waals surface area contributed by atoms with Gasteiger partial charge in [-0.3, -0.25) is 4.79 Å². The van der Waals surface area contributed by atoms with E-state index >= 15 is 0 Å². The highest BCUT2D eigenvalue weighted by molar-refractivity contribution is 5.83. The van der Waals surface area contributed by atoms with Gasteiger partial charge in [-0.2, -0.15) is 0 Å². The van der Waals surface area contributed by atoms with Crippen LogP contribution in [0.1, 0.15) is 13.3 Å². The summed E-state index contributed by atoms with van der Waals surface area (Å²) < 4.78 is 4.46. The molecule has 0 rings (SSSR count). The Morgan fingerprint density at radius 1 is 1.67 bits per heavy atom. The average Bonchev–Trinajstić information content (AvgIpc) is 2.01. The molecule has 0 bridgehead atoms. The maximum atomic E-state index is 11.0. The molecule has 1 N–H and O–H groups in total. The fourth-order valence-corrected chi connectivity index (χ4v) is 0.768. The van der Waals surface area contributed by atoms with Crippen LogP contribution in [-0.2, 0) is 14.3 Å². The SMILES string of the molecule is C=CCC(NC(C)=O)C(=O)OC. The molecule has 0 aliphatic carbocycles. The van der Waals surface area contributed by atoms with Crippen LogP contribution in [0.25, 0.3) is 0 Å². The molecule has 1 unspecified atom stereocenters. The monoisotopic (exact) mass is 171 g/mol. The van der Waals surface area contributed by atoms with E-state index in [0.29, 0.717) is 6.42 Å². The maximum absolute atomic E-state index is 11.0. The summed E-state index contributed by atoms with van der Waals surface area (Å²) in [6, 6.07) is -0.606. The molecule has 0 radical (unpaired) electrons. The van der Waals surface area contributed by atoms with Crippen molar-refractivity contribution in [2.45, 2.75) is 19.4 Å². The van der Waals surface area contributed by atoms with Crippen LogP contribution in [0.4, 0.5) is 0 Å². The number of rotatable bonds is 4. The van der Waals surface area contributed by atoms with Gasteiger partial charge >= 0.3 is 5.97 Å². The van der Waals surface area contributed by atoms with Gasteiger partial charge in [0.1, 0.15) is 6.04 Å². The summed E-state index contributed by atoms with van der Waals surface area (Å²) in [5.41, 5.74) is 0. The molecule has 0 fully saturated rings. The van der Waals surface area contributed by atoms with Crippen LogP contribution in [-0.4, -0.2) is 25.0 Å². The van der Waals surface area contributed by atoms with Gasteiger partial charge in [0.2, 0.25) is 5.91 Å². The van der Waals surface area contributed by atoms with Crippen LogP contribution in [0.5, 0.6) is 0 Å². The van der Waals surface area contributed by atoms with Crippen molar-refractivity contribution in [3.05, 3.63) is 12.7 Å². The highest BCUT2D eigenvalue weighted by atomic mass is 16.5. The van der Waals surface area contributed by atoms with Gasteiger partial charge in [0.15, 0.2) is 0 Å². The van der Waals surface area contributed by atoms with E-state index in [2.05, 4.69) is 16.6 Å². The Balaban J connectivity index is 4.11. The zero-order valence-electron chi connectivity index (χ0n) is 7.29. The second-order valence-corrected chi connectivity index (χ2v) is 2.30. The molecule has 0 aliphatic rings. The van der Waals surface area contributed by atoms with Gasteiger partial charge in [0.25, 0.3) is 0 Å². The lowest BCUT2D eigenvalue weighted by atomic mass is 10.2. The molecule has 0 heterocycles. The number of methoxy groups -OCH3 is 1. The third kappa shape index (κ3) is 3.75. The van der Waals surface area contributed by atoms with E-state index in [0.717, 1.165) is 0 Å². The summed E-state index contributed by atoms with van der Waals surface area (Å²) in [6.07, 6.45) is 1.93. The highest BCUT2D eigenvalue weighted by Gasteiger charge is 2.17. The van der Waals surface area contributed by atoms with Crippen molar-refractivity contribution in [1.29, 1.82) is 0 Å². The molecule has 12 heavy (non-hydrogen) atoms. The van der Waals surface area contributed by atoms with E-state index < -0.39 is 12.0 Å². The molecule has 0 aromatic carbocycles. The summed E-state index contributed by atoms with van der Waals surface area (Å²) in [6.45, 7) is 4.81. The Morgan fingerprint density at radius 3 is 2.58 bits per heavy atom. The molecule has 0 saturated heterocycles. The molecule has 0 aromatic rings. The van der Waals surface area contributed by atoms with E-state index in [1.807, 2.05) is 0 Å². The Bertz CT molecular complexity index is 189.